The third-order valence-corrected chi connectivity index (χ3v) is 4.78. The van der Waals surface area contributed by atoms with Crippen LogP contribution in [0.3, 0.4) is 0 Å². The second-order valence-electron chi connectivity index (χ2n) is 6.40. The molecule has 1 aromatic rings. The third-order valence-electron chi connectivity index (χ3n) is 4.78. The van der Waals surface area contributed by atoms with E-state index in [9.17, 15) is 9.59 Å². The van der Waals surface area contributed by atoms with E-state index in [1.165, 1.54) is 7.11 Å². The molecular formula is C18H25N3O4. The van der Waals surface area contributed by atoms with E-state index < -0.39 is 0 Å². The third kappa shape index (κ3) is 4.42. The van der Waals surface area contributed by atoms with E-state index in [1.807, 2.05) is 35.2 Å². The van der Waals surface area contributed by atoms with Crippen molar-refractivity contribution < 1.29 is 19.1 Å². The summed E-state index contributed by atoms with van der Waals surface area (Å²) in [6.07, 6.45) is 1.10. The Bertz CT molecular complexity index is 587. The van der Waals surface area contributed by atoms with E-state index in [1.54, 1.807) is 4.90 Å². The summed E-state index contributed by atoms with van der Waals surface area (Å²) in [4.78, 5) is 27.6. The molecule has 0 saturated carbocycles. The van der Waals surface area contributed by atoms with Gasteiger partial charge in [-0.25, -0.2) is 9.59 Å². The van der Waals surface area contributed by atoms with E-state index >= 15 is 0 Å². The number of hydrogen-bond donors (Lipinski definition) is 1. The van der Waals surface area contributed by atoms with E-state index in [2.05, 4.69) is 5.32 Å². The highest BCUT2D eigenvalue weighted by Crippen LogP contribution is 2.22. The van der Waals surface area contributed by atoms with Crippen molar-refractivity contribution >= 4 is 12.1 Å². The molecule has 1 atom stereocenters. The number of urea groups is 1. The Balaban J connectivity index is 1.49. The van der Waals surface area contributed by atoms with E-state index in [-0.39, 0.29) is 24.3 Å². The highest BCUT2D eigenvalue weighted by atomic mass is 16.5. The van der Waals surface area contributed by atoms with Gasteiger partial charge in [0.25, 0.3) is 0 Å². The number of methoxy groups -OCH3 is 1. The molecule has 0 aromatic heterocycles. The van der Waals surface area contributed by atoms with Gasteiger partial charge in [-0.1, -0.05) is 30.3 Å². The van der Waals surface area contributed by atoms with Crippen LogP contribution in [0.4, 0.5) is 9.59 Å². The molecule has 7 nitrogen and oxygen atoms in total. The van der Waals surface area contributed by atoms with Gasteiger partial charge in [-0.15, -0.1) is 0 Å². The number of piperidine rings is 1. The van der Waals surface area contributed by atoms with Crippen molar-refractivity contribution in [1.29, 1.82) is 0 Å². The summed E-state index contributed by atoms with van der Waals surface area (Å²) in [5.74, 6) is 0. The summed E-state index contributed by atoms with van der Waals surface area (Å²) in [7, 11) is 1.39. The van der Waals surface area contributed by atoms with Crippen molar-refractivity contribution in [3.8, 4) is 0 Å². The van der Waals surface area contributed by atoms with Crippen LogP contribution in [0.25, 0.3) is 0 Å². The predicted octanol–water partition coefficient (Wildman–Crippen LogP) is 2.00. The first-order chi connectivity index (χ1) is 12.2. The molecule has 0 spiro atoms. The summed E-state index contributed by atoms with van der Waals surface area (Å²) < 4.78 is 10.5. The quantitative estimate of drug-likeness (QED) is 0.888. The van der Waals surface area contributed by atoms with Crippen LogP contribution in [0.15, 0.2) is 30.3 Å². The van der Waals surface area contributed by atoms with Crippen LogP contribution in [0.5, 0.6) is 0 Å². The summed E-state index contributed by atoms with van der Waals surface area (Å²) in [6, 6.07) is 10.0. The van der Waals surface area contributed by atoms with Gasteiger partial charge in [-0.2, -0.15) is 0 Å². The van der Waals surface area contributed by atoms with Crippen LogP contribution < -0.4 is 5.32 Å². The molecule has 1 aromatic carbocycles. The van der Waals surface area contributed by atoms with Gasteiger partial charge in [0.1, 0.15) is 6.10 Å². The monoisotopic (exact) mass is 347 g/mol. The van der Waals surface area contributed by atoms with Gasteiger partial charge in [0.15, 0.2) is 0 Å². The Labute approximate surface area is 147 Å². The average molecular weight is 347 g/mol. The molecule has 25 heavy (non-hydrogen) atoms. The highest BCUT2D eigenvalue weighted by Gasteiger charge is 2.29. The lowest BCUT2D eigenvalue weighted by molar-refractivity contribution is -0.0160. The fourth-order valence-electron chi connectivity index (χ4n) is 3.30. The predicted molar refractivity (Wildman–Crippen MR) is 92.2 cm³/mol. The van der Waals surface area contributed by atoms with E-state index in [4.69, 9.17) is 9.47 Å². The largest absolute Gasteiger partial charge is 0.453 e. The molecule has 3 amide bonds. The van der Waals surface area contributed by atoms with Gasteiger partial charge >= 0.3 is 12.1 Å². The first kappa shape index (κ1) is 17.5. The van der Waals surface area contributed by atoms with Crippen LogP contribution in [-0.4, -0.2) is 67.9 Å². The topological polar surface area (TPSA) is 71.1 Å². The lowest BCUT2D eigenvalue weighted by atomic mass is 10.1. The van der Waals surface area contributed by atoms with Crippen LogP contribution >= 0.6 is 0 Å². The standard InChI is InChI=1S/C18H25N3O4/c1-24-18(23)20-9-7-15(8-10-20)19-17(22)21-11-12-25-16(13-21)14-5-3-2-4-6-14/h2-6,15-16H,7-13H2,1H3,(H,19,22)/t16-/m1/s1. The Kier molecular flexibility index (Phi) is 5.75. The number of rotatable bonds is 2. The second kappa shape index (κ2) is 8.20. The van der Waals surface area contributed by atoms with Gasteiger partial charge in [0, 0.05) is 25.7 Å². The average Bonchev–Trinajstić information content (AvgIpc) is 2.68. The fourth-order valence-corrected chi connectivity index (χ4v) is 3.30. The molecule has 2 aliphatic heterocycles. The lowest BCUT2D eigenvalue weighted by Gasteiger charge is -2.36. The highest BCUT2D eigenvalue weighted by molar-refractivity contribution is 5.74. The number of amides is 3. The molecule has 2 heterocycles. The molecule has 7 heteroatoms. The van der Waals surface area contributed by atoms with Crippen molar-refractivity contribution in [2.24, 2.45) is 0 Å². The van der Waals surface area contributed by atoms with Crippen LogP contribution in [-0.2, 0) is 9.47 Å². The molecule has 0 aliphatic carbocycles. The molecule has 0 radical (unpaired) electrons. The van der Waals surface area contributed by atoms with Crippen molar-refractivity contribution in [1.82, 2.24) is 15.1 Å². The van der Waals surface area contributed by atoms with Crippen molar-refractivity contribution in [2.75, 3.05) is 39.9 Å². The molecule has 2 aliphatic rings. The Morgan fingerprint density at radius 1 is 1.12 bits per heavy atom. The van der Waals surface area contributed by atoms with Crippen LogP contribution in [0.2, 0.25) is 0 Å². The van der Waals surface area contributed by atoms with E-state index in [0.717, 1.165) is 18.4 Å². The summed E-state index contributed by atoms with van der Waals surface area (Å²) in [5.41, 5.74) is 1.09. The van der Waals surface area contributed by atoms with Gasteiger partial charge in [-0.05, 0) is 18.4 Å². The zero-order valence-corrected chi connectivity index (χ0v) is 14.5. The minimum atomic E-state index is -0.302. The zero-order valence-electron chi connectivity index (χ0n) is 14.5. The van der Waals surface area contributed by atoms with Crippen LogP contribution in [0.1, 0.15) is 24.5 Å². The number of carbonyl (C=O) groups excluding carboxylic acids is 2. The molecular weight excluding hydrogens is 322 g/mol. The molecule has 1 N–H and O–H groups in total. The SMILES string of the molecule is COC(=O)N1CCC(NC(=O)N2CCO[C@@H](c3ccccc3)C2)CC1. The van der Waals surface area contributed by atoms with Crippen molar-refractivity contribution in [3.05, 3.63) is 35.9 Å². The summed E-state index contributed by atoms with van der Waals surface area (Å²) >= 11 is 0. The number of hydrogen-bond acceptors (Lipinski definition) is 4. The molecule has 2 fully saturated rings. The van der Waals surface area contributed by atoms with Crippen molar-refractivity contribution in [2.45, 2.75) is 25.0 Å². The normalized spacial score (nSPS) is 21.7. The summed E-state index contributed by atoms with van der Waals surface area (Å²) in [6.45, 7) is 2.89. The van der Waals surface area contributed by atoms with Crippen LogP contribution in [0, 0.1) is 0 Å². The lowest BCUT2D eigenvalue weighted by Crippen LogP contribution is -2.52. The first-order valence-electron chi connectivity index (χ1n) is 8.72. The number of nitrogens with zero attached hydrogens (tertiary/aromatic N) is 2. The number of ether oxygens (including phenoxy) is 2. The minimum absolute atomic E-state index is 0.0549. The Morgan fingerprint density at radius 2 is 1.84 bits per heavy atom. The number of carbonyl (C=O) groups is 2. The second-order valence-corrected chi connectivity index (χ2v) is 6.40. The molecule has 0 unspecified atom stereocenters. The smallest absolute Gasteiger partial charge is 0.409 e. The number of morpholine rings is 1. The van der Waals surface area contributed by atoms with Gasteiger partial charge in [-0.3, -0.25) is 0 Å². The number of nitrogens with one attached hydrogen (secondary N) is 1. The van der Waals surface area contributed by atoms with E-state index in [0.29, 0.717) is 32.8 Å². The fraction of sp³-hybridized carbons (Fsp3) is 0.556. The summed E-state index contributed by atoms with van der Waals surface area (Å²) in [5, 5.41) is 3.09. The number of benzene rings is 1. The maximum absolute atomic E-state index is 12.6. The van der Waals surface area contributed by atoms with Crippen molar-refractivity contribution in [3.63, 3.8) is 0 Å². The van der Waals surface area contributed by atoms with Gasteiger partial charge < -0.3 is 24.6 Å². The molecule has 136 valence electrons. The molecule has 3 rings (SSSR count). The Hall–Kier alpha value is -2.28. The molecule has 2 saturated heterocycles. The number of likely N-dealkylation sites (tertiary alicyclic amines) is 1. The Morgan fingerprint density at radius 3 is 2.52 bits per heavy atom. The first-order valence-corrected chi connectivity index (χ1v) is 8.72. The maximum Gasteiger partial charge on any atom is 0.409 e. The van der Waals surface area contributed by atoms with Gasteiger partial charge in [0.2, 0.25) is 0 Å². The van der Waals surface area contributed by atoms with Gasteiger partial charge in [0.05, 0.1) is 20.3 Å². The zero-order chi connectivity index (χ0) is 17.6. The minimum Gasteiger partial charge on any atom is -0.453 e. The maximum atomic E-state index is 12.6. The molecule has 0 bridgehead atoms.